The molecule has 6 heteroatoms. The molecule has 0 aromatic heterocycles. The molecule has 0 spiro atoms. The Morgan fingerprint density at radius 2 is 2.05 bits per heavy atom. The molecular formula is C15H21F2NO3. The fourth-order valence-electron chi connectivity index (χ4n) is 2.39. The summed E-state index contributed by atoms with van der Waals surface area (Å²) in [6.45, 7) is 0.300. The normalized spacial score (nSPS) is 16.2. The van der Waals surface area contributed by atoms with Crippen molar-refractivity contribution in [2.24, 2.45) is 5.92 Å². The van der Waals surface area contributed by atoms with Crippen molar-refractivity contribution >= 4 is 0 Å². The molecule has 0 aliphatic carbocycles. The second-order valence-electron chi connectivity index (χ2n) is 5.05. The third-order valence-electron chi connectivity index (χ3n) is 3.55. The van der Waals surface area contributed by atoms with Crippen LogP contribution in [-0.4, -0.2) is 33.5 Å². The van der Waals surface area contributed by atoms with Crippen LogP contribution < -0.4 is 14.8 Å². The van der Waals surface area contributed by atoms with Crippen LogP contribution in [-0.2, 0) is 11.3 Å². The van der Waals surface area contributed by atoms with E-state index in [1.807, 2.05) is 6.07 Å². The van der Waals surface area contributed by atoms with Crippen LogP contribution in [0.2, 0.25) is 0 Å². The van der Waals surface area contributed by atoms with Gasteiger partial charge in [0.25, 0.3) is 0 Å². The molecule has 21 heavy (non-hydrogen) atoms. The van der Waals surface area contributed by atoms with Gasteiger partial charge in [-0.2, -0.15) is 8.78 Å². The standard InChI is InChI=1S/C15H21F2NO3/c1-19-13-3-2-12(8-14(13)21-15(16)17)10-18-9-11-4-6-20-7-5-11/h2-3,8,11,15,18H,4-7,9-10H2,1H3. The van der Waals surface area contributed by atoms with Crippen molar-refractivity contribution in [1.82, 2.24) is 5.32 Å². The van der Waals surface area contributed by atoms with Gasteiger partial charge in [-0.05, 0) is 43.0 Å². The van der Waals surface area contributed by atoms with Crippen LogP contribution >= 0.6 is 0 Å². The highest BCUT2D eigenvalue weighted by Crippen LogP contribution is 2.29. The summed E-state index contributed by atoms with van der Waals surface area (Å²) in [7, 11) is 1.43. The SMILES string of the molecule is COc1ccc(CNCC2CCOCC2)cc1OC(F)F. The Balaban J connectivity index is 1.87. The number of halogens is 2. The molecule has 1 N–H and O–H groups in total. The van der Waals surface area contributed by atoms with Crippen molar-refractivity contribution < 1.29 is 23.0 Å². The van der Waals surface area contributed by atoms with E-state index in [9.17, 15) is 8.78 Å². The van der Waals surface area contributed by atoms with Gasteiger partial charge in [-0.3, -0.25) is 0 Å². The first kappa shape index (κ1) is 16.0. The van der Waals surface area contributed by atoms with E-state index in [0.29, 0.717) is 18.2 Å². The van der Waals surface area contributed by atoms with E-state index in [0.717, 1.165) is 38.2 Å². The molecule has 1 heterocycles. The highest BCUT2D eigenvalue weighted by molar-refractivity contribution is 5.42. The average molecular weight is 301 g/mol. The van der Waals surface area contributed by atoms with Gasteiger partial charge in [0.2, 0.25) is 0 Å². The van der Waals surface area contributed by atoms with Crippen LogP contribution in [0.4, 0.5) is 8.78 Å². The lowest BCUT2D eigenvalue weighted by Gasteiger charge is -2.22. The van der Waals surface area contributed by atoms with Crippen LogP contribution in [0.5, 0.6) is 11.5 Å². The van der Waals surface area contributed by atoms with Gasteiger partial charge in [0.05, 0.1) is 7.11 Å². The number of ether oxygens (including phenoxy) is 3. The molecule has 1 aliphatic rings. The molecular weight excluding hydrogens is 280 g/mol. The molecule has 118 valence electrons. The lowest BCUT2D eigenvalue weighted by molar-refractivity contribution is -0.0512. The van der Waals surface area contributed by atoms with Crippen LogP contribution in [0.3, 0.4) is 0 Å². The summed E-state index contributed by atoms with van der Waals surface area (Å²) >= 11 is 0. The number of methoxy groups -OCH3 is 1. The third-order valence-corrected chi connectivity index (χ3v) is 3.55. The number of nitrogens with one attached hydrogen (secondary N) is 1. The quantitative estimate of drug-likeness (QED) is 0.840. The van der Waals surface area contributed by atoms with Crippen molar-refractivity contribution in [3.8, 4) is 11.5 Å². The number of hydrogen-bond acceptors (Lipinski definition) is 4. The van der Waals surface area contributed by atoms with Gasteiger partial charge in [0.1, 0.15) is 0 Å². The van der Waals surface area contributed by atoms with Crippen LogP contribution in [0.25, 0.3) is 0 Å². The molecule has 4 nitrogen and oxygen atoms in total. The highest BCUT2D eigenvalue weighted by atomic mass is 19.3. The van der Waals surface area contributed by atoms with Crippen molar-refractivity contribution in [2.75, 3.05) is 26.9 Å². The minimum Gasteiger partial charge on any atom is -0.493 e. The molecule has 0 saturated carbocycles. The van der Waals surface area contributed by atoms with E-state index in [4.69, 9.17) is 9.47 Å². The maximum absolute atomic E-state index is 12.4. The smallest absolute Gasteiger partial charge is 0.387 e. The van der Waals surface area contributed by atoms with E-state index >= 15 is 0 Å². The van der Waals surface area contributed by atoms with Gasteiger partial charge in [0, 0.05) is 19.8 Å². The van der Waals surface area contributed by atoms with E-state index in [2.05, 4.69) is 10.1 Å². The molecule has 0 bridgehead atoms. The topological polar surface area (TPSA) is 39.7 Å². The second-order valence-corrected chi connectivity index (χ2v) is 5.05. The summed E-state index contributed by atoms with van der Waals surface area (Å²) in [5, 5.41) is 3.35. The van der Waals surface area contributed by atoms with Gasteiger partial charge < -0.3 is 19.5 Å². The summed E-state index contributed by atoms with van der Waals surface area (Å²) in [5.41, 5.74) is 0.888. The van der Waals surface area contributed by atoms with Crippen LogP contribution in [0.15, 0.2) is 18.2 Å². The van der Waals surface area contributed by atoms with Gasteiger partial charge in [0.15, 0.2) is 11.5 Å². The van der Waals surface area contributed by atoms with E-state index in [-0.39, 0.29) is 5.75 Å². The first-order valence-electron chi connectivity index (χ1n) is 7.09. The van der Waals surface area contributed by atoms with Gasteiger partial charge in [-0.15, -0.1) is 0 Å². The van der Waals surface area contributed by atoms with Crippen LogP contribution in [0, 0.1) is 5.92 Å². The largest absolute Gasteiger partial charge is 0.493 e. The monoisotopic (exact) mass is 301 g/mol. The molecule has 1 saturated heterocycles. The molecule has 1 fully saturated rings. The Morgan fingerprint density at radius 3 is 2.71 bits per heavy atom. The molecule has 0 amide bonds. The van der Waals surface area contributed by atoms with Crippen molar-refractivity contribution in [1.29, 1.82) is 0 Å². The summed E-state index contributed by atoms with van der Waals surface area (Å²) in [4.78, 5) is 0. The zero-order chi connectivity index (χ0) is 15.1. The predicted molar refractivity (Wildman–Crippen MR) is 74.9 cm³/mol. The van der Waals surface area contributed by atoms with Gasteiger partial charge in [-0.1, -0.05) is 6.07 Å². The zero-order valence-electron chi connectivity index (χ0n) is 12.1. The Hall–Kier alpha value is -1.40. The number of hydrogen-bond donors (Lipinski definition) is 1. The molecule has 1 aromatic carbocycles. The average Bonchev–Trinajstić information content (AvgIpc) is 2.48. The highest BCUT2D eigenvalue weighted by Gasteiger charge is 2.14. The fraction of sp³-hybridized carbons (Fsp3) is 0.600. The first-order chi connectivity index (χ1) is 10.2. The second kappa shape index (κ2) is 8.14. The number of alkyl halides is 2. The molecule has 0 atom stereocenters. The van der Waals surface area contributed by atoms with E-state index in [1.54, 1.807) is 12.1 Å². The Kier molecular flexibility index (Phi) is 6.20. The minimum atomic E-state index is -2.86. The Morgan fingerprint density at radius 1 is 1.29 bits per heavy atom. The predicted octanol–water partition coefficient (Wildman–Crippen LogP) is 2.81. The maximum atomic E-state index is 12.4. The lowest BCUT2D eigenvalue weighted by Crippen LogP contribution is -2.27. The molecule has 1 aliphatic heterocycles. The van der Waals surface area contributed by atoms with Gasteiger partial charge >= 0.3 is 6.61 Å². The van der Waals surface area contributed by atoms with Crippen molar-refractivity contribution in [2.45, 2.75) is 26.0 Å². The van der Waals surface area contributed by atoms with Crippen molar-refractivity contribution in [3.63, 3.8) is 0 Å². The Labute approximate surface area is 123 Å². The summed E-state index contributed by atoms with van der Waals surface area (Å²) in [6, 6.07) is 5.07. The van der Waals surface area contributed by atoms with Gasteiger partial charge in [-0.25, -0.2) is 0 Å². The minimum absolute atomic E-state index is 0.0675. The number of rotatable bonds is 7. The first-order valence-corrected chi connectivity index (χ1v) is 7.09. The van der Waals surface area contributed by atoms with E-state index in [1.165, 1.54) is 7.11 Å². The third kappa shape index (κ3) is 5.13. The molecule has 2 rings (SSSR count). The fourth-order valence-corrected chi connectivity index (χ4v) is 2.39. The molecule has 0 radical (unpaired) electrons. The molecule has 0 unspecified atom stereocenters. The van der Waals surface area contributed by atoms with E-state index < -0.39 is 6.61 Å². The summed E-state index contributed by atoms with van der Waals surface area (Å²) < 4.78 is 39.5. The zero-order valence-corrected chi connectivity index (χ0v) is 12.1. The maximum Gasteiger partial charge on any atom is 0.387 e. The van der Waals surface area contributed by atoms with Crippen molar-refractivity contribution in [3.05, 3.63) is 23.8 Å². The Bertz CT molecular complexity index is 437. The van der Waals surface area contributed by atoms with Crippen LogP contribution in [0.1, 0.15) is 18.4 Å². The number of benzene rings is 1. The summed E-state index contributed by atoms with van der Waals surface area (Å²) in [6.07, 6.45) is 2.13. The lowest BCUT2D eigenvalue weighted by atomic mass is 10.0. The summed E-state index contributed by atoms with van der Waals surface area (Å²) in [5.74, 6) is 0.995. The molecule has 1 aromatic rings.